The van der Waals surface area contributed by atoms with Crippen molar-refractivity contribution in [2.75, 3.05) is 37.5 Å². The molecule has 0 saturated heterocycles. The molecule has 1 aromatic carbocycles. The van der Waals surface area contributed by atoms with Crippen molar-refractivity contribution in [3.8, 4) is 0 Å². The highest BCUT2D eigenvalue weighted by Crippen LogP contribution is 2.36. The van der Waals surface area contributed by atoms with Crippen LogP contribution in [0.5, 0.6) is 0 Å². The average molecular weight is 522 g/mol. The van der Waals surface area contributed by atoms with Crippen molar-refractivity contribution in [3.63, 3.8) is 0 Å². The third-order valence-corrected chi connectivity index (χ3v) is 6.34. The van der Waals surface area contributed by atoms with E-state index < -0.39 is 41.1 Å². The van der Waals surface area contributed by atoms with Crippen LogP contribution in [-0.2, 0) is 33.4 Å². The van der Waals surface area contributed by atoms with Crippen LogP contribution in [-0.4, -0.2) is 56.4 Å². The van der Waals surface area contributed by atoms with Gasteiger partial charge in [0, 0.05) is 23.2 Å². The second-order valence-electron chi connectivity index (χ2n) is 6.77. The zero-order chi connectivity index (χ0) is 24.5. The van der Waals surface area contributed by atoms with Crippen LogP contribution in [0.3, 0.4) is 0 Å². The van der Waals surface area contributed by atoms with Crippen LogP contribution in [0.1, 0.15) is 25.7 Å². The number of carbonyl (C=O) groups is 4. The number of esters is 2. The lowest BCUT2D eigenvalue weighted by atomic mass is 9.90. The van der Waals surface area contributed by atoms with Gasteiger partial charge >= 0.3 is 11.9 Å². The van der Waals surface area contributed by atoms with E-state index in [1.54, 1.807) is 0 Å². The van der Waals surface area contributed by atoms with Gasteiger partial charge in [0.05, 0.1) is 23.6 Å². The number of carbonyl (C=O) groups excluding carboxylic acids is 4. The quantitative estimate of drug-likeness (QED) is 0.209. The Hall–Kier alpha value is -2.14. The Labute approximate surface area is 204 Å². The fraction of sp³-hybridized carbons (Fsp3) is 0.429. The Kier molecular flexibility index (Phi) is 10.6. The molecule has 0 radical (unpaired) electrons. The number of alkyl halides is 1. The molecule has 0 unspecified atom stereocenters. The van der Waals surface area contributed by atoms with Crippen LogP contribution in [0.2, 0.25) is 5.02 Å². The van der Waals surface area contributed by atoms with E-state index in [1.807, 2.05) is 0 Å². The van der Waals surface area contributed by atoms with Crippen LogP contribution >= 0.6 is 35.0 Å². The van der Waals surface area contributed by atoms with Gasteiger partial charge in [0.2, 0.25) is 5.91 Å². The smallest absolute Gasteiger partial charge is 0.336 e. The molecule has 0 heterocycles. The molecule has 0 N–H and O–H groups in total. The fourth-order valence-corrected chi connectivity index (χ4v) is 4.33. The summed E-state index contributed by atoms with van der Waals surface area (Å²) in [5.74, 6) is -4.75. The molecule has 12 heteroatoms. The van der Waals surface area contributed by atoms with Crippen molar-refractivity contribution >= 4 is 64.4 Å². The Morgan fingerprint density at radius 3 is 2.39 bits per heavy atom. The van der Waals surface area contributed by atoms with Gasteiger partial charge in [0.15, 0.2) is 6.79 Å². The van der Waals surface area contributed by atoms with Gasteiger partial charge < -0.3 is 14.2 Å². The minimum absolute atomic E-state index is 0.0170. The van der Waals surface area contributed by atoms with Gasteiger partial charge in [0.25, 0.3) is 5.91 Å². The number of thioether (sulfide) groups is 1. The monoisotopic (exact) mass is 521 g/mol. The van der Waals surface area contributed by atoms with Crippen molar-refractivity contribution in [1.82, 2.24) is 0 Å². The standard InChI is InChI=1S/C21H22Cl2FNO7S/c1-30-11-32-21(29)13-6-4-3-5-12(13)20(28)25(18(26)9-22)16-8-17(14(23)7-15(16)24)33-10-19(27)31-2/h7-8H,3-6,9-11H2,1-2H3. The summed E-state index contributed by atoms with van der Waals surface area (Å²) in [7, 11) is 2.56. The van der Waals surface area contributed by atoms with Crippen molar-refractivity contribution < 1.29 is 37.8 Å². The van der Waals surface area contributed by atoms with Gasteiger partial charge in [-0.3, -0.25) is 14.4 Å². The maximum Gasteiger partial charge on any atom is 0.336 e. The number of anilines is 1. The number of nitrogens with zero attached hydrogens (tertiary/aromatic N) is 1. The summed E-state index contributed by atoms with van der Waals surface area (Å²) in [5.41, 5.74) is -0.255. The van der Waals surface area contributed by atoms with E-state index in [1.165, 1.54) is 20.3 Å². The Balaban J connectivity index is 2.52. The maximum atomic E-state index is 14.9. The van der Waals surface area contributed by atoms with Crippen molar-refractivity contribution in [2.24, 2.45) is 0 Å². The number of amides is 2. The van der Waals surface area contributed by atoms with Crippen LogP contribution in [0.25, 0.3) is 0 Å². The van der Waals surface area contributed by atoms with Crippen LogP contribution < -0.4 is 4.90 Å². The first-order valence-electron chi connectivity index (χ1n) is 9.75. The number of rotatable bonds is 9. The van der Waals surface area contributed by atoms with Crippen molar-refractivity contribution in [1.29, 1.82) is 0 Å². The summed E-state index contributed by atoms with van der Waals surface area (Å²) in [4.78, 5) is 50.8. The largest absolute Gasteiger partial charge is 0.468 e. The molecule has 1 aliphatic rings. The minimum atomic E-state index is -0.950. The Morgan fingerprint density at radius 1 is 1.12 bits per heavy atom. The highest BCUT2D eigenvalue weighted by molar-refractivity contribution is 8.00. The summed E-state index contributed by atoms with van der Waals surface area (Å²) >= 11 is 12.7. The fourth-order valence-electron chi connectivity index (χ4n) is 3.11. The highest BCUT2D eigenvalue weighted by Gasteiger charge is 2.33. The molecule has 1 aliphatic carbocycles. The lowest BCUT2D eigenvalue weighted by Gasteiger charge is -2.26. The molecule has 0 fully saturated rings. The van der Waals surface area contributed by atoms with E-state index in [4.69, 9.17) is 32.7 Å². The predicted molar refractivity (Wildman–Crippen MR) is 121 cm³/mol. The Morgan fingerprint density at radius 2 is 1.79 bits per heavy atom. The molecule has 0 saturated carbocycles. The number of benzene rings is 1. The van der Waals surface area contributed by atoms with Crippen LogP contribution in [0, 0.1) is 5.82 Å². The summed E-state index contributed by atoms with van der Waals surface area (Å²) in [5, 5.41) is -0.0170. The molecule has 8 nitrogen and oxygen atoms in total. The predicted octanol–water partition coefficient (Wildman–Crippen LogP) is 3.86. The van der Waals surface area contributed by atoms with E-state index in [0.717, 1.165) is 17.8 Å². The van der Waals surface area contributed by atoms with Crippen molar-refractivity contribution in [2.45, 2.75) is 30.6 Å². The number of imide groups is 1. The molecular formula is C21H22Cl2FNO7S. The third-order valence-electron chi connectivity index (χ3n) is 4.66. The van der Waals surface area contributed by atoms with Crippen molar-refractivity contribution in [3.05, 3.63) is 34.1 Å². The van der Waals surface area contributed by atoms with Gasteiger partial charge in [-0.2, -0.15) is 0 Å². The lowest BCUT2D eigenvalue weighted by Crippen LogP contribution is -2.40. The molecule has 0 atom stereocenters. The van der Waals surface area contributed by atoms with E-state index in [2.05, 4.69) is 4.74 Å². The molecule has 33 heavy (non-hydrogen) atoms. The molecule has 180 valence electrons. The summed E-state index contributed by atoms with van der Waals surface area (Å²) in [6.07, 6.45) is 1.69. The maximum absolute atomic E-state index is 14.9. The van der Waals surface area contributed by atoms with E-state index >= 15 is 0 Å². The zero-order valence-electron chi connectivity index (χ0n) is 18.0. The lowest BCUT2D eigenvalue weighted by molar-refractivity contribution is -0.150. The molecule has 2 rings (SSSR count). The minimum Gasteiger partial charge on any atom is -0.468 e. The van der Waals surface area contributed by atoms with E-state index in [0.29, 0.717) is 17.7 Å². The first kappa shape index (κ1) is 27.1. The SMILES string of the molecule is COCOC(=O)C1=C(C(=O)N(C(=O)CCl)c2cc(SCC(=O)OC)c(Cl)cc2F)CCCC1. The molecule has 0 spiro atoms. The number of halogens is 3. The number of hydrogen-bond acceptors (Lipinski definition) is 8. The third kappa shape index (κ3) is 6.92. The normalized spacial score (nSPS) is 13.5. The molecule has 0 aromatic heterocycles. The number of hydrogen-bond donors (Lipinski definition) is 0. The van der Waals surface area contributed by atoms with Gasteiger partial charge in [-0.1, -0.05) is 11.6 Å². The van der Waals surface area contributed by atoms with E-state index in [9.17, 15) is 23.6 Å². The molecule has 2 amide bonds. The Bertz CT molecular complexity index is 970. The highest BCUT2D eigenvalue weighted by atomic mass is 35.5. The van der Waals surface area contributed by atoms with Crippen LogP contribution in [0.15, 0.2) is 28.2 Å². The van der Waals surface area contributed by atoms with Gasteiger partial charge in [-0.05, 0) is 37.8 Å². The molecular weight excluding hydrogens is 500 g/mol. The van der Waals surface area contributed by atoms with Crippen LogP contribution in [0.4, 0.5) is 10.1 Å². The molecule has 1 aromatic rings. The average Bonchev–Trinajstić information content (AvgIpc) is 2.82. The van der Waals surface area contributed by atoms with Gasteiger partial charge in [0.1, 0.15) is 11.7 Å². The number of ether oxygens (including phenoxy) is 3. The first-order chi connectivity index (χ1) is 15.7. The summed E-state index contributed by atoms with van der Waals surface area (Å²) in [6.45, 7) is -0.305. The summed E-state index contributed by atoms with van der Waals surface area (Å²) < 4.78 is 29.2. The second kappa shape index (κ2) is 12.9. The van der Waals surface area contributed by atoms with E-state index in [-0.39, 0.29) is 46.5 Å². The molecule has 0 aliphatic heterocycles. The zero-order valence-corrected chi connectivity index (χ0v) is 20.3. The topological polar surface area (TPSA) is 99.2 Å². The van der Waals surface area contributed by atoms with Gasteiger partial charge in [-0.15, -0.1) is 23.4 Å². The molecule has 0 bridgehead atoms. The second-order valence-corrected chi connectivity index (χ2v) is 8.46. The summed E-state index contributed by atoms with van der Waals surface area (Å²) in [6, 6.07) is 2.11. The first-order valence-corrected chi connectivity index (χ1v) is 11.6. The number of methoxy groups -OCH3 is 2. The van der Waals surface area contributed by atoms with Gasteiger partial charge in [-0.25, -0.2) is 14.1 Å².